The molecule has 0 aliphatic carbocycles. The van der Waals surface area contributed by atoms with Crippen molar-refractivity contribution in [1.82, 2.24) is 20.2 Å². The van der Waals surface area contributed by atoms with Crippen LogP contribution in [0.4, 0.5) is 13.2 Å². The summed E-state index contributed by atoms with van der Waals surface area (Å²) in [5.41, 5.74) is 1.02. The molecule has 0 saturated heterocycles. The van der Waals surface area contributed by atoms with Gasteiger partial charge in [0.2, 0.25) is 0 Å². The highest BCUT2D eigenvalue weighted by atomic mass is 19.4. The molecule has 0 amide bonds. The first kappa shape index (κ1) is 14.2. The van der Waals surface area contributed by atoms with Gasteiger partial charge in [-0.2, -0.15) is 18.3 Å². The van der Waals surface area contributed by atoms with Gasteiger partial charge in [0, 0.05) is 11.3 Å². The molecule has 0 spiro atoms. The molecule has 0 aliphatic rings. The molecule has 7 heteroatoms. The number of aromatic nitrogens is 4. The number of hydrogen-bond acceptors (Lipinski definition) is 3. The van der Waals surface area contributed by atoms with Crippen molar-refractivity contribution in [2.45, 2.75) is 13.1 Å². The topological polar surface area (TPSA) is 54.5 Å². The Bertz CT molecular complexity index is 794. The van der Waals surface area contributed by atoms with E-state index in [4.69, 9.17) is 0 Å². The number of benzene rings is 1. The molecule has 1 N–H and O–H groups in total. The van der Waals surface area contributed by atoms with Gasteiger partial charge in [0.15, 0.2) is 5.82 Å². The first-order valence-electron chi connectivity index (χ1n) is 6.47. The van der Waals surface area contributed by atoms with Crippen LogP contribution in [0.3, 0.4) is 0 Å². The number of halogens is 3. The van der Waals surface area contributed by atoms with Crippen LogP contribution in [-0.4, -0.2) is 20.2 Å². The Morgan fingerprint density at radius 3 is 2.32 bits per heavy atom. The molecular weight excluding hydrogens is 293 g/mol. The molecule has 3 rings (SSSR count). The predicted molar refractivity (Wildman–Crippen MR) is 74.8 cm³/mol. The molecule has 0 atom stereocenters. The Labute approximate surface area is 124 Å². The van der Waals surface area contributed by atoms with Crippen molar-refractivity contribution in [3.05, 3.63) is 53.9 Å². The molecule has 0 bridgehead atoms. The summed E-state index contributed by atoms with van der Waals surface area (Å²) in [4.78, 5) is 8.62. The maximum atomic E-state index is 12.6. The van der Waals surface area contributed by atoms with Crippen molar-refractivity contribution in [2.75, 3.05) is 0 Å². The van der Waals surface area contributed by atoms with Gasteiger partial charge in [0.1, 0.15) is 11.4 Å². The van der Waals surface area contributed by atoms with E-state index < -0.39 is 11.9 Å². The van der Waals surface area contributed by atoms with E-state index in [0.717, 1.165) is 11.6 Å². The molecule has 0 aliphatic heterocycles. The van der Waals surface area contributed by atoms with E-state index in [1.54, 1.807) is 13.0 Å². The Hall–Kier alpha value is -2.70. The lowest BCUT2D eigenvalue weighted by atomic mass is 10.2. The van der Waals surface area contributed by atoms with Gasteiger partial charge in [-0.05, 0) is 19.1 Å². The molecule has 2 aromatic heterocycles. The SMILES string of the molecule is Cc1cc(-c2cc(C(F)(F)F)[nH]n2)nc(-c2ccccc2)n1. The Morgan fingerprint density at radius 1 is 0.955 bits per heavy atom. The molecule has 1 aromatic carbocycles. The average molecular weight is 304 g/mol. The van der Waals surface area contributed by atoms with Crippen LogP contribution in [0.5, 0.6) is 0 Å². The van der Waals surface area contributed by atoms with E-state index >= 15 is 0 Å². The number of alkyl halides is 3. The maximum Gasteiger partial charge on any atom is 0.432 e. The summed E-state index contributed by atoms with van der Waals surface area (Å²) in [6, 6.07) is 11.8. The minimum atomic E-state index is -4.46. The molecule has 0 radical (unpaired) electrons. The fourth-order valence-electron chi connectivity index (χ4n) is 2.01. The van der Waals surface area contributed by atoms with Gasteiger partial charge in [-0.3, -0.25) is 5.10 Å². The first-order valence-corrected chi connectivity index (χ1v) is 6.47. The Balaban J connectivity index is 2.05. The normalized spacial score (nSPS) is 11.6. The molecule has 0 unspecified atom stereocenters. The first-order chi connectivity index (χ1) is 10.4. The van der Waals surface area contributed by atoms with Crippen LogP contribution in [0.2, 0.25) is 0 Å². The standard InChI is InChI=1S/C15H11F3N4/c1-9-7-11(12-8-13(22-21-12)15(16,17)18)20-14(19-9)10-5-3-2-4-6-10/h2-8H,1H3,(H,21,22). The number of nitrogens with zero attached hydrogens (tertiary/aromatic N) is 3. The van der Waals surface area contributed by atoms with E-state index in [2.05, 4.69) is 15.1 Å². The minimum absolute atomic E-state index is 0.134. The number of aryl methyl sites for hydroxylation is 1. The monoisotopic (exact) mass is 304 g/mol. The van der Waals surface area contributed by atoms with Crippen molar-refractivity contribution in [2.24, 2.45) is 0 Å². The molecule has 2 heterocycles. The van der Waals surface area contributed by atoms with Crippen LogP contribution in [0, 0.1) is 6.92 Å². The highest BCUT2D eigenvalue weighted by Gasteiger charge is 2.33. The molecular formula is C15H11F3N4. The van der Waals surface area contributed by atoms with Gasteiger partial charge in [-0.25, -0.2) is 9.97 Å². The molecule has 4 nitrogen and oxygen atoms in total. The van der Waals surface area contributed by atoms with Crippen LogP contribution in [0.15, 0.2) is 42.5 Å². The van der Waals surface area contributed by atoms with E-state index in [0.29, 0.717) is 17.2 Å². The Morgan fingerprint density at radius 2 is 1.68 bits per heavy atom. The van der Waals surface area contributed by atoms with Crippen molar-refractivity contribution >= 4 is 0 Å². The van der Waals surface area contributed by atoms with E-state index in [-0.39, 0.29) is 5.69 Å². The third-order valence-corrected chi connectivity index (χ3v) is 3.03. The predicted octanol–water partition coefficient (Wildman–Crippen LogP) is 3.86. The van der Waals surface area contributed by atoms with Crippen molar-refractivity contribution in [3.8, 4) is 22.8 Å². The summed E-state index contributed by atoms with van der Waals surface area (Å²) < 4.78 is 37.9. The van der Waals surface area contributed by atoms with Gasteiger partial charge >= 0.3 is 6.18 Å². The van der Waals surface area contributed by atoms with Crippen molar-refractivity contribution < 1.29 is 13.2 Å². The second-order valence-electron chi connectivity index (χ2n) is 4.75. The molecule has 0 fully saturated rings. The molecule has 0 saturated carbocycles. The lowest BCUT2D eigenvalue weighted by Gasteiger charge is -2.04. The summed E-state index contributed by atoms with van der Waals surface area (Å²) in [7, 11) is 0. The zero-order valence-electron chi connectivity index (χ0n) is 11.5. The summed E-state index contributed by atoms with van der Waals surface area (Å²) in [5, 5.41) is 5.68. The van der Waals surface area contributed by atoms with E-state index in [9.17, 15) is 13.2 Å². The quantitative estimate of drug-likeness (QED) is 0.782. The highest BCUT2D eigenvalue weighted by Crippen LogP contribution is 2.30. The van der Waals surface area contributed by atoms with Gasteiger partial charge in [-0.1, -0.05) is 30.3 Å². The number of nitrogens with one attached hydrogen (secondary N) is 1. The third kappa shape index (κ3) is 2.83. The van der Waals surface area contributed by atoms with Crippen LogP contribution >= 0.6 is 0 Å². The van der Waals surface area contributed by atoms with Crippen molar-refractivity contribution in [1.29, 1.82) is 0 Å². The maximum absolute atomic E-state index is 12.6. The number of H-pyrrole nitrogens is 1. The van der Waals surface area contributed by atoms with Crippen LogP contribution < -0.4 is 0 Å². The second-order valence-corrected chi connectivity index (χ2v) is 4.75. The fourth-order valence-corrected chi connectivity index (χ4v) is 2.01. The number of aromatic amines is 1. The van der Waals surface area contributed by atoms with E-state index in [1.165, 1.54) is 0 Å². The summed E-state index contributed by atoms with van der Waals surface area (Å²) in [5.74, 6) is 0.451. The lowest BCUT2D eigenvalue weighted by Crippen LogP contribution is -2.04. The summed E-state index contributed by atoms with van der Waals surface area (Å²) in [6.07, 6.45) is -4.46. The smallest absolute Gasteiger partial charge is 0.273 e. The second kappa shape index (κ2) is 5.25. The molecule has 22 heavy (non-hydrogen) atoms. The summed E-state index contributed by atoms with van der Waals surface area (Å²) in [6.45, 7) is 1.76. The van der Waals surface area contributed by atoms with Gasteiger partial charge in [0.05, 0.1) is 5.69 Å². The largest absolute Gasteiger partial charge is 0.432 e. The zero-order valence-corrected chi connectivity index (χ0v) is 11.5. The molecule has 112 valence electrons. The Kier molecular flexibility index (Phi) is 3.40. The third-order valence-electron chi connectivity index (χ3n) is 3.03. The number of hydrogen-bond donors (Lipinski definition) is 1. The zero-order chi connectivity index (χ0) is 15.7. The van der Waals surface area contributed by atoms with Crippen LogP contribution in [-0.2, 0) is 6.18 Å². The minimum Gasteiger partial charge on any atom is -0.273 e. The highest BCUT2D eigenvalue weighted by molar-refractivity contribution is 5.61. The fraction of sp³-hybridized carbons (Fsp3) is 0.133. The summed E-state index contributed by atoms with van der Waals surface area (Å²) >= 11 is 0. The van der Waals surface area contributed by atoms with Crippen LogP contribution in [0.1, 0.15) is 11.4 Å². The lowest BCUT2D eigenvalue weighted by molar-refractivity contribution is -0.141. The van der Waals surface area contributed by atoms with E-state index in [1.807, 2.05) is 35.4 Å². The van der Waals surface area contributed by atoms with Crippen molar-refractivity contribution in [3.63, 3.8) is 0 Å². The van der Waals surface area contributed by atoms with Gasteiger partial charge in [0.25, 0.3) is 0 Å². The van der Waals surface area contributed by atoms with Crippen LogP contribution in [0.25, 0.3) is 22.8 Å². The van der Waals surface area contributed by atoms with Gasteiger partial charge in [-0.15, -0.1) is 0 Å². The molecule has 3 aromatic rings. The van der Waals surface area contributed by atoms with Gasteiger partial charge < -0.3 is 0 Å². The number of rotatable bonds is 2. The average Bonchev–Trinajstić information content (AvgIpc) is 2.97.